The van der Waals surface area contributed by atoms with Crippen molar-refractivity contribution in [3.63, 3.8) is 0 Å². The highest BCUT2D eigenvalue weighted by molar-refractivity contribution is 5.92. The summed E-state index contributed by atoms with van der Waals surface area (Å²) in [7, 11) is 0. The van der Waals surface area contributed by atoms with Gasteiger partial charge in [-0.05, 0) is 17.9 Å². The Bertz CT molecular complexity index is 892. The van der Waals surface area contributed by atoms with Crippen LogP contribution in [0.2, 0.25) is 0 Å². The molecule has 0 unspecified atom stereocenters. The summed E-state index contributed by atoms with van der Waals surface area (Å²) in [6.45, 7) is 2.34. The van der Waals surface area contributed by atoms with Crippen molar-refractivity contribution in [1.29, 1.82) is 0 Å². The normalized spacial score (nSPS) is 10.8. The van der Waals surface area contributed by atoms with Crippen LogP contribution >= 0.6 is 0 Å². The van der Waals surface area contributed by atoms with Gasteiger partial charge in [-0.2, -0.15) is 4.68 Å². The fourth-order valence-electron chi connectivity index (χ4n) is 2.25. The Morgan fingerprint density at radius 3 is 2.96 bits per heavy atom. The average molecular weight is 312 g/mol. The van der Waals surface area contributed by atoms with Gasteiger partial charge in [0.05, 0.1) is 0 Å². The molecule has 0 fully saturated rings. The predicted octanol–water partition coefficient (Wildman–Crippen LogP) is 1.58. The Balaban J connectivity index is 1.94. The van der Waals surface area contributed by atoms with Gasteiger partial charge >= 0.3 is 5.76 Å². The van der Waals surface area contributed by atoms with E-state index in [1.165, 1.54) is 0 Å². The van der Waals surface area contributed by atoms with Crippen LogP contribution in [0.3, 0.4) is 0 Å². The van der Waals surface area contributed by atoms with E-state index in [9.17, 15) is 9.59 Å². The predicted molar refractivity (Wildman–Crippen MR) is 84.8 cm³/mol. The second kappa shape index (κ2) is 6.43. The maximum absolute atomic E-state index is 11.9. The molecule has 0 bridgehead atoms. The summed E-state index contributed by atoms with van der Waals surface area (Å²) < 4.78 is 6.17. The van der Waals surface area contributed by atoms with Crippen LogP contribution < -0.4 is 11.1 Å². The van der Waals surface area contributed by atoms with Crippen LogP contribution in [0.5, 0.6) is 0 Å². The summed E-state index contributed by atoms with van der Waals surface area (Å²) >= 11 is 0. The van der Waals surface area contributed by atoms with Crippen LogP contribution in [0.4, 0.5) is 0 Å². The van der Waals surface area contributed by atoms with Crippen molar-refractivity contribution in [3.05, 3.63) is 47.1 Å². The van der Waals surface area contributed by atoms with Gasteiger partial charge in [-0.1, -0.05) is 31.2 Å². The number of carbonyl (C=O) groups is 1. The molecule has 0 spiro atoms. The molecule has 2 aromatic heterocycles. The molecule has 3 rings (SSSR count). The van der Waals surface area contributed by atoms with Gasteiger partial charge in [0.15, 0.2) is 0 Å². The van der Waals surface area contributed by atoms with E-state index in [1.54, 1.807) is 6.20 Å². The van der Waals surface area contributed by atoms with Gasteiger partial charge in [0, 0.05) is 18.1 Å². The summed E-state index contributed by atoms with van der Waals surface area (Å²) in [5, 5.41) is 8.58. The van der Waals surface area contributed by atoms with E-state index in [-0.39, 0.29) is 18.3 Å². The maximum atomic E-state index is 11.9. The first kappa shape index (κ1) is 15.0. The first-order valence-electron chi connectivity index (χ1n) is 7.38. The smallest absolute Gasteiger partial charge is 0.386 e. The standard InChI is InChI=1S/C16H16N4O3/c1-2-8-17-13(21)10-20-16(22)23-15(19-20)14-12-6-4-3-5-11(12)7-9-18-14/h3-7,9H,2,8,10H2,1H3,(H,17,21). The molecule has 0 radical (unpaired) electrons. The quantitative estimate of drug-likeness (QED) is 0.772. The lowest BCUT2D eigenvalue weighted by Gasteiger charge is -2.02. The number of hydrogen-bond acceptors (Lipinski definition) is 5. The molecule has 3 aromatic rings. The van der Waals surface area contributed by atoms with E-state index >= 15 is 0 Å². The largest absolute Gasteiger partial charge is 0.437 e. The molecule has 118 valence electrons. The lowest BCUT2D eigenvalue weighted by molar-refractivity contribution is -0.121. The molecule has 0 saturated heterocycles. The minimum Gasteiger partial charge on any atom is -0.386 e. The summed E-state index contributed by atoms with van der Waals surface area (Å²) in [4.78, 5) is 27.8. The van der Waals surface area contributed by atoms with Gasteiger partial charge < -0.3 is 9.73 Å². The second-order valence-electron chi connectivity index (χ2n) is 5.06. The van der Waals surface area contributed by atoms with Gasteiger partial charge in [0.2, 0.25) is 5.91 Å². The summed E-state index contributed by atoms with van der Waals surface area (Å²) in [5.41, 5.74) is 0.480. The summed E-state index contributed by atoms with van der Waals surface area (Å²) in [6, 6.07) is 9.48. The molecule has 0 atom stereocenters. The molecular formula is C16H16N4O3. The molecule has 7 nitrogen and oxygen atoms in total. The lowest BCUT2D eigenvalue weighted by atomic mass is 10.1. The molecule has 0 aliphatic rings. The van der Waals surface area contributed by atoms with Gasteiger partial charge in [-0.3, -0.25) is 9.78 Å². The van der Waals surface area contributed by atoms with Gasteiger partial charge in [0.25, 0.3) is 5.89 Å². The number of carbonyl (C=O) groups excluding carboxylic acids is 1. The van der Waals surface area contributed by atoms with Crippen LogP contribution in [0.25, 0.3) is 22.4 Å². The second-order valence-corrected chi connectivity index (χ2v) is 5.06. The fraction of sp³-hybridized carbons (Fsp3) is 0.250. The number of nitrogens with zero attached hydrogens (tertiary/aromatic N) is 3. The number of amides is 1. The van der Waals surface area contributed by atoms with E-state index in [2.05, 4.69) is 15.4 Å². The van der Waals surface area contributed by atoms with Gasteiger partial charge in [0.1, 0.15) is 12.2 Å². The van der Waals surface area contributed by atoms with Crippen molar-refractivity contribution in [3.8, 4) is 11.6 Å². The molecule has 23 heavy (non-hydrogen) atoms. The number of aromatic nitrogens is 3. The molecule has 2 heterocycles. The lowest BCUT2D eigenvalue weighted by Crippen LogP contribution is -2.31. The zero-order chi connectivity index (χ0) is 16.2. The molecule has 1 amide bonds. The minimum absolute atomic E-state index is 0.107. The Morgan fingerprint density at radius 2 is 2.13 bits per heavy atom. The Labute approximate surface area is 131 Å². The third-order valence-electron chi connectivity index (χ3n) is 3.35. The first-order chi connectivity index (χ1) is 11.2. The number of fused-ring (bicyclic) bond motifs is 1. The van der Waals surface area contributed by atoms with Crippen molar-refractivity contribution in [2.45, 2.75) is 19.9 Å². The Kier molecular flexibility index (Phi) is 4.18. The monoisotopic (exact) mass is 312 g/mol. The van der Waals surface area contributed by atoms with Crippen LogP contribution in [0, 0.1) is 0 Å². The Hall–Kier alpha value is -2.96. The number of nitrogens with one attached hydrogen (secondary N) is 1. The van der Waals surface area contributed by atoms with Gasteiger partial charge in [-0.25, -0.2) is 4.79 Å². The van der Waals surface area contributed by atoms with Crippen LogP contribution in [0.15, 0.2) is 45.7 Å². The van der Waals surface area contributed by atoms with E-state index in [1.807, 2.05) is 37.3 Å². The molecular weight excluding hydrogens is 296 g/mol. The SMILES string of the molecule is CCCNC(=O)Cn1nc(-c2nccc3ccccc23)oc1=O. The van der Waals surface area contributed by atoms with Crippen LogP contribution in [0.1, 0.15) is 13.3 Å². The fourth-order valence-corrected chi connectivity index (χ4v) is 2.25. The van der Waals surface area contributed by atoms with Crippen LogP contribution in [-0.4, -0.2) is 27.2 Å². The zero-order valence-corrected chi connectivity index (χ0v) is 12.7. The highest BCUT2D eigenvalue weighted by Crippen LogP contribution is 2.23. The topological polar surface area (TPSA) is 90.0 Å². The highest BCUT2D eigenvalue weighted by Gasteiger charge is 2.15. The number of rotatable bonds is 5. The third-order valence-corrected chi connectivity index (χ3v) is 3.35. The minimum atomic E-state index is -0.679. The third kappa shape index (κ3) is 3.13. The molecule has 0 aliphatic carbocycles. The zero-order valence-electron chi connectivity index (χ0n) is 12.7. The van der Waals surface area contributed by atoms with E-state index in [0.717, 1.165) is 21.9 Å². The number of pyridine rings is 1. The molecule has 0 saturated carbocycles. The summed E-state index contributed by atoms with van der Waals surface area (Å²) in [5.74, 6) is -0.851. The summed E-state index contributed by atoms with van der Waals surface area (Å²) in [6.07, 6.45) is 2.45. The Morgan fingerprint density at radius 1 is 1.30 bits per heavy atom. The van der Waals surface area contributed by atoms with E-state index < -0.39 is 5.76 Å². The van der Waals surface area contributed by atoms with Crippen molar-refractivity contribution < 1.29 is 9.21 Å². The van der Waals surface area contributed by atoms with Crippen molar-refractivity contribution in [2.75, 3.05) is 6.54 Å². The molecule has 0 aliphatic heterocycles. The molecule has 1 N–H and O–H groups in total. The van der Waals surface area contributed by atoms with Crippen molar-refractivity contribution in [1.82, 2.24) is 20.1 Å². The first-order valence-corrected chi connectivity index (χ1v) is 7.38. The van der Waals surface area contributed by atoms with E-state index in [4.69, 9.17) is 4.42 Å². The number of benzene rings is 1. The highest BCUT2D eigenvalue weighted by atomic mass is 16.4. The maximum Gasteiger partial charge on any atom is 0.437 e. The molecule has 1 aromatic carbocycles. The van der Waals surface area contributed by atoms with E-state index in [0.29, 0.717) is 12.2 Å². The van der Waals surface area contributed by atoms with Crippen LogP contribution in [-0.2, 0) is 11.3 Å². The van der Waals surface area contributed by atoms with Gasteiger partial charge in [-0.15, -0.1) is 5.10 Å². The molecule has 7 heteroatoms. The average Bonchev–Trinajstić information content (AvgIpc) is 2.93. The van der Waals surface area contributed by atoms with Crippen molar-refractivity contribution in [2.24, 2.45) is 0 Å². The van der Waals surface area contributed by atoms with Crippen molar-refractivity contribution >= 4 is 16.7 Å². The number of hydrogen-bond donors (Lipinski definition) is 1.